The summed E-state index contributed by atoms with van der Waals surface area (Å²) in [6.07, 6.45) is 0.892. The Kier molecular flexibility index (Phi) is 6.89. The van der Waals surface area contributed by atoms with Crippen molar-refractivity contribution in [2.24, 2.45) is 5.92 Å². The van der Waals surface area contributed by atoms with Crippen LogP contribution in [0.1, 0.15) is 30.6 Å². The van der Waals surface area contributed by atoms with Gasteiger partial charge in [-0.15, -0.1) is 0 Å². The van der Waals surface area contributed by atoms with E-state index in [1.807, 2.05) is 0 Å². The highest BCUT2D eigenvalue weighted by Gasteiger charge is 2.14. The number of hydrogen-bond acceptors (Lipinski definition) is 3. The molecule has 0 fully saturated rings. The molecule has 0 spiro atoms. The molecule has 1 amide bonds. The van der Waals surface area contributed by atoms with Crippen LogP contribution in [0.5, 0.6) is 5.75 Å². The third-order valence-electron chi connectivity index (χ3n) is 3.43. The number of hydrogen-bond donors (Lipinski definition) is 2. The van der Waals surface area contributed by atoms with E-state index in [0.717, 1.165) is 6.42 Å². The van der Waals surface area contributed by atoms with E-state index in [0.29, 0.717) is 23.8 Å². The first kappa shape index (κ1) is 18.9. The maximum absolute atomic E-state index is 13.6. The molecule has 6 heteroatoms. The fourth-order valence-electron chi connectivity index (χ4n) is 2.07. The van der Waals surface area contributed by atoms with Crippen LogP contribution < -0.4 is 15.4 Å². The number of thiocarbonyl (C=S) groups is 1. The predicted octanol–water partition coefficient (Wildman–Crippen LogP) is 4.38. The van der Waals surface area contributed by atoms with Crippen LogP contribution in [0, 0.1) is 11.7 Å². The van der Waals surface area contributed by atoms with Gasteiger partial charge in [-0.2, -0.15) is 0 Å². The molecule has 2 rings (SSSR count). The lowest BCUT2D eigenvalue weighted by Gasteiger charge is -2.14. The zero-order valence-corrected chi connectivity index (χ0v) is 15.0. The van der Waals surface area contributed by atoms with E-state index in [-0.39, 0.29) is 10.8 Å². The molecule has 2 aromatic rings. The molecule has 4 nitrogen and oxygen atoms in total. The summed E-state index contributed by atoms with van der Waals surface area (Å²) in [6.45, 7) is 4.74. The molecule has 25 heavy (non-hydrogen) atoms. The minimum atomic E-state index is -0.448. The van der Waals surface area contributed by atoms with Crippen molar-refractivity contribution in [1.82, 2.24) is 5.32 Å². The SMILES string of the molecule is CC(C)CCOc1ccccc1C(=O)NC(=S)Nc1ccccc1F. The van der Waals surface area contributed by atoms with Crippen molar-refractivity contribution in [3.05, 3.63) is 59.9 Å². The molecule has 2 N–H and O–H groups in total. The first-order valence-corrected chi connectivity index (χ1v) is 8.47. The molecule has 0 heterocycles. The summed E-state index contributed by atoms with van der Waals surface area (Å²) in [6, 6.07) is 13.0. The van der Waals surface area contributed by atoms with Gasteiger partial charge in [0.2, 0.25) is 0 Å². The quantitative estimate of drug-likeness (QED) is 0.751. The van der Waals surface area contributed by atoms with Crippen molar-refractivity contribution < 1.29 is 13.9 Å². The van der Waals surface area contributed by atoms with Gasteiger partial charge in [0.15, 0.2) is 5.11 Å². The van der Waals surface area contributed by atoms with Crippen molar-refractivity contribution in [2.75, 3.05) is 11.9 Å². The highest BCUT2D eigenvalue weighted by Crippen LogP contribution is 2.19. The van der Waals surface area contributed by atoms with Crippen LogP contribution in [-0.2, 0) is 0 Å². The van der Waals surface area contributed by atoms with Gasteiger partial charge in [-0.05, 0) is 48.8 Å². The number of anilines is 1. The van der Waals surface area contributed by atoms with Crippen LogP contribution in [0.2, 0.25) is 0 Å². The van der Waals surface area contributed by atoms with Gasteiger partial charge in [-0.3, -0.25) is 10.1 Å². The van der Waals surface area contributed by atoms with Crippen molar-refractivity contribution in [1.29, 1.82) is 0 Å². The fraction of sp³-hybridized carbons (Fsp3) is 0.263. The summed E-state index contributed by atoms with van der Waals surface area (Å²) in [5.41, 5.74) is 0.582. The largest absolute Gasteiger partial charge is 0.493 e. The van der Waals surface area contributed by atoms with Gasteiger partial charge in [-0.25, -0.2) is 4.39 Å². The number of rotatable bonds is 6. The molecule has 0 unspecified atom stereocenters. The van der Waals surface area contributed by atoms with Crippen molar-refractivity contribution in [3.8, 4) is 5.75 Å². The van der Waals surface area contributed by atoms with Crippen LogP contribution in [0.3, 0.4) is 0 Å². The lowest BCUT2D eigenvalue weighted by Crippen LogP contribution is -2.34. The molecule has 0 saturated heterocycles. The second kappa shape index (κ2) is 9.13. The predicted molar refractivity (Wildman–Crippen MR) is 101 cm³/mol. The third-order valence-corrected chi connectivity index (χ3v) is 3.64. The standard InChI is InChI=1S/C19H21FN2O2S/c1-13(2)11-12-24-17-10-6-3-7-14(17)18(23)22-19(25)21-16-9-5-4-8-15(16)20/h3-10,13H,11-12H2,1-2H3,(H2,21,22,23,25). The van der Waals surface area contributed by atoms with Gasteiger partial charge in [0, 0.05) is 0 Å². The smallest absolute Gasteiger partial charge is 0.261 e. The summed E-state index contributed by atoms with van der Waals surface area (Å²) in [7, 11) is 0. The van der Waals surface area contributed by atoms with E-state index in [9.17, 15) is 9.18 Å². The summed E-state index contributed by atoms with van der Waals surface area (Å²) in [5.74, 6) is 0.151. The van der Waals surface area contributed by atoms with Crippen molar-refractivity contribution in [2.45, 2.75) is 20.3 Å². The number of amides is 1. The summed E-state index contributed by atoms with van der Waals surface area (Å²) in [5, 5.41) is 5.24. The van der Waals surface area contributed by atoms with Gasteiger partial charge in [0.05, 0.1) is 17.9 Å². The Morgan fingerprint density at radius 2 is 1.84 bits per heavy atom. The third kappa shape index (κ3) is 5.83. The molecule has 0 aliphatic carbocycles. The highest BCUT2D eigenvalue weighted by molar-refractivity contribution is 7.80. The average Bonchev–Trinajstić information content (AvgIpc) is 2.57. The van der Waals surface area contributed by atoms with Crippen LogP contribution in [-0.4, -0.2) is 17.6 Å². The number of ether oxygens (including phenoxy) is 1. The summed E-state index contributed by atoms with van der Waals surface area (Å²) in [4.78, 5) is 12.4. The van der Waals surface area contributed by atoms with E-state index in [2.05, 4.69) is 24.5 Å². The normalized spacial score (nSPS) is 10.4. The topological polar surface area (TPSA) is 50.4 Å². The first-order valence-electron chi connectivity index (χ1n) is 8.06. The summed E-state index contributed by atoms with van der Waals surface area (Å²) >= 11 is 5.09. The van der Waals surface area contributed by atoms with Gasteiger partial charge in [0.1, 0.15) is 11.6 Å². The molecule has 0 aromatic heterocycles. The molecule has 0 atom stereocenters. The van der Waals surface area contributed by atoms with Crippen molar-refractivity contribution in [3.63, 3.8) is 0 Å². The van der Waals surface area contributed by atoms with Gasteiger partial charge >= 0.3 is 0 Å². The monoisotopic (exact) mass is 360 g/mol. The molecule has 132 valence electrons. The number of halogens is 1. The highest BCUT2D eigenvalue weighted by atomic mass is 32.1. The van der Waals surface area contributed by atoms with Gasteiger partial charge in [-0.1, -0.05) is 38.1 Å². The first-order chi connectivity index (χ1) is 12.0. The van der Waals surface area contributed by atoms with Crippen LogP contribution in [0.25, 0.3) is 0 Å². The lowest BCUT2D eigenvalue weighted by atomic mass is 10.1. The molecule has 2 aromatic carbocycles. The zero-order valence-electron chi connectivity index (χ0n) is 14.2. The summed E-state index contributed by atoms with van der Waals surface area (Å²) < 4.78 is 19.3. The van der Waals surface area contributed by atoms with E-state index in [4.69, 9.17) is 17.0 Å². The number of carbonyl (C=O) groups is 1. The molecule has 0 aliphatic heterocycles. The minimum absolute atomic E-state index is 0.0204. The number of carbonyl (C=O) groups excluding carboxylic acids is 1. The maximum Gasteiger partial charge on any atom is 0.261 e. The van der Waals surface area contributed by atoms with Crippen LogP contribution in [0.4, 0.5) is 10.1 Å². The number of para-hydroxylation sites is 2. The van der Waals surface area contributed by atoms with E-state index in [1.165, 1.54) is 12.1 Å². The molecule has 0 bridgehead atoms. The molecular weight excluding hydrogens is 339 g/mol. The lowest BCUT2D eigenvalue weighted by molar-refractivity contribution is 0.0973. The Balaban J connectivity index is 2.00. The minimum Gasteiger partial charge on any atom is -0.493 e. The zero-order chi connectivity index (χ0) is 18.2. The maximum atomic E-state index is 13.6. The Labute approximate surface area is 152 Å². The Morgan fingerprint density at radius 3 is 2.56 bits per heavy atom. The van der Waals surface area contributed by atoms with Crippen molar-refractivity contribution >= 4 is 28.9 Å². The van der Waals surface area contributed by atoms with E-state index < -0.39 is 11.7 Å². The number of nitrogens with one attached hydrogen (secondary N) is 2. The molecule has 0 saturated carbocycles. The van der Waals surface area contributed by atoms with Gasteiger partial charge in [0.25, 0.3) is 5.91 Å². The Morgan fingerprint density at radius 1 is 1.16 bits per heavy atom. The average molecular weight is 360 g/mol. The van der Waals surface area contributed by atoms with Crippen LogP contribution >= 0.6 is 12.2 Å². The molecule has 0 aliphatic rings. The second-order valence-corrected chi connectivity index (χ2v) is 6.32. The molecular formula is C19H21FN2O2S. The van der Waals surface area contributed by atoms with Crippen LogP contribution in [0.15, 0.2) is 48.5 Å². The molecule has 0 radical (unpaired) electrons. The fourth-order valence-corrected chi connectivity index (χ4v) is 2.27. The Bertz CT molecular complexity index is 750. The van der Waals surface area contributed by atoms with Gasteiger partial charge < -0.3 is 10.1 Å². The Hall–Kier alpha value is -2.47. The van der Waals surface area contributed by atoms with E-state index >= 15 is 0 Å². The van der Waals surface area contributed by atoms with E-state index in [1.54, 1.807) is 36.4 Å². The number of benzene rings is 2. The second-order valence-electron chi connectivity index (χ2n) is 5.92.